The number of hydrogen-bond donors (Lipinski definition) is 1. The van der Waals surface area contributed by atoms with Gasteiger partial charge in [0, 0.05) is 19.8 Å². The Bertz CT molecular complexity index is 762. The third-order valence-electron chi connectivity index (χ3n) is 3.56. The highest BCUT2D eigenvalue weighted by atomic mass is 16.5. The topological polar surface area (TPSA) is 52.0 Å². The number of fused-ring (bicyclic) bond motifs is 1. The summed E-state index contributed by atoms with van der Waals surface area (Å²) >= 11 is 0. The molecule has 0 aliphatic rings. The summed E-state index contributed by atoms with van der Waals surface area (Å²) < 4.78 is 7.04. The number of aryl methyl sites for hydroxylation is 2. The van der Waals surface area contributed by atoms with E-state index in [0.717, 1.165) is 28.2 Å². The zero-order chi connectivity index (χ0) is 14.8. The van der Waals surface area contributed by atoms with Gasteiger partial charge in [-0.05, 0) is 30.7 Å². The van der Waals surface area contributed by atoms with Gasteiger partial charge in [0.25, 0.3) is 0 Å². The fourth-order valence-electron chi connectivity index (χ4n) is 2.47. The lowest BCUT2D eigenvalue weighted by atomic mass is 10.2. The molecule has 0 unspecified atom stereocenters. The normalized spacial score (nSPS) is 10.8. The van der Waals surface area contributed by atoms with E-state index < -0.39 is 0 Å². The molecule has 1 N–H and O–H groups in total. The molecule has 0 spiro atoms. The van der Waals surface area contributed by atoms with Gasteiger partial charge in [0.1, 0.15) is 11.6 Å². The van der Waals surface area contributed by atoms with Crippen LogP contribution in [0.3, 0.4) is 0 Å². The molecule has 5 nitrogen and oxygen atoms in total. The summed E-state index contributed by atoms with van der Waals surface area (Å²) in [7, 11) is 3.62. The van der Waals surface area contributed by atoms with E-state index in [1.54, 1.807) is 13.3 Å². The molecule has 0 amide bonds. The number of nitrogens with zero attached hydrogens (tertiary/aromatic N) is 3. The molecular formula is C16H18N4O. The quantitative estimate of drug-likeness (QED) is 0.799. The zero-order valence-electron chi connectivity index (χ0n) is 12.4. The van der Waals surface area contributed by atoms with Gasteiger partial charge < -0.3 is 10.1 Å². The minimum atomic E-state index is 0.713. The number of aromatic nitrogens is 3. The second-order valence-electron chi connectivity index (χ2n) is 4.96. The SMILES string of the molecule is COc1ccc(CNc2nccc3c2c(C)nn3C)cc1. The summed E-state index contributed by atoms with van der Waals surface area (Å²) in [4.78, 5) is 4.44. The number of methoxy groups -OCH3 is 1. The fourth-order valence-corrected chi connectivity index (χ4v) is 2.47. The van der Waals surface area contributed by atoms with Crippen LogP contribution in [0, 0.1) is 6.92 Å². The number of ether oxygens (including phenoxy) is 1. The van der Waals surface area contributed by atoms with Gasteiger partial charge >= 0.3 is 0 Å². The summed E-state index contributed by atoms with van der Waals surface area (Å²) in [5.74, 6) is 1.73. The van der Waals surface area contributed by atoms with Gasteiger partial charge in [0.15, 0.2) is 0 Å². The van der Waals surface area contributed by atoms with Gasteiger partial charge in [-0.25, -0.2) is 4.98 Å². The lowest BCUT2D eigenvalue weighted by Crippen LogP contribution is -2.02. The van der Waals surface area contributed by atoms with Crippen molar-refractivity contribution < 1.29 is 4.74 Å². The maximum atomic E-state index is 5.16. The van der Waals surface area contributed by atoms with Crippen LogP contribution in [0.15, 0.2) is 36.5 Å². The lowest BCUT2D eigenvalue weighted by Gasteiger charge is -2.08. The summed E-state index contributed by atoms with van der Waals surface area (Å²) in [6, 6.07) is 9.98. The van der Waals surface area contributed by atoms with Gasteiger partial charge in [-0.15, -0.1) is 0 Å². The first-order chi connectivity index (χ1) is 10.2. The van der Waals surface area contributed by atoms with Crippen LogP contribution in [-0.4, -0.2) is 21.9 Å². The Kier molecular flexibility index (Phi) is 3.48. The van der Waals surface area contributed by atoms with E-state index >= 15 is 0 Å². The Morgan fingerprint density at radius 3 is 2.67 bits per heavy atom. The number of benzene rings is 1. The summed E-state index contributed by atoms with van der Waals surface area (Å²) in [5, 5.41) is 8.92. The summed E-state index contributed by atoms with van der Waals surface area (Å²) in [6.07, 6.45) is 1.81. The van der Waals surface area contributed by atoms with Crippen LogP contribution in [-0.2, 0) is 13.6 Å². The van der Waals surface area contributed by atoms with Crippen molar-refractivity contribution >= 4 is 16.7 Å². The van der Waals surface area contributed by atoms with Gasteiger partial charge in [0.2, 0.25) is 0 Å². The van der Waals surface area contributed by atoms with Crippen LogP contribution >= 0.6 is 0 Å². The molecule has 0 aliphatic heterocycles. The van der Waals surface area contributed by atoms with Crippen molar-refractivity contribution in [3.05, 3.63) is 47.8 Å². The van der Waals surface area contributed by atoms with Crippen molar-refractivity contribution in [2.45, 2.75) is 13.5 Å². The largest absolute Gasteiger partial charge is 0.497 e. The third-order valence-corrected chi connectivity index (χ3v) is 3.56. The Morgan fingerprint density at radius 2 is 1.95 bits per heavy atom. The van der Waals surface area contributed by atoms with Gasteiger partial charge in [-0.3, -0.25) is 4.68 Å². The molecule has 2 heterocycles. The van der Waals surface area contributed by atoms with Crippen LogP contribution in [0.2, 0.25) is 0 Å². The Labute approximate surface area is 123 Å². The molecule has 0 saturated carbocycles. The van der Waals surface area contributed by atoms with Crippen molar-refractivity contribution in [1.82, 2.24) is 14.8 Å². The smallest absolute Gasteiger partial charge is 0.137 e. The van der Waals surface area contributed by atoms with Crippen LogP contribution in [0.25, 0.3) is 10.9 Å². The Morgan fingerprint density at radius 1 is 1.19 bits per heavy atom. The monoisotopic (exact) mass is 282 g/mol. The van der Waals surface area contributed by atoms with Gasteiger partial charge in [-0.1, -0.05) is 12.1 Å². The average Bonchev–Trinajstić information content (AvgIpc) is 2.81. The first kappa shape index (κ1) is 13.4. The van der Waals surface area contributed by atoms with E-state index in [4.69, 9.17) is 4.74 Å². The van der Waals surface area contributed by atoms with E-state index in [0.29, 0.717) is 6.54 Å². The minimum Gasteiger partial charge on any atom is -0.497 e. The molecule has 3 rings (SSSR count). The predicted molar refractivity (Wildman–Crippen MR) is 83.6 cm³/mol. The molecule has 2 aromatic heterocycles. The molecule has 0 fully saturated rings. The van der Waals surface area contributed by atoms with Gasteiger partial charge in [0.05, 0.1) is 23.7 Å². The second kappa shape index (κ2) is 5.44. The van der Waals surface area contributed by atoms with Crippen molar-refractivity contribution in [2.24, 2.45) is 7.05 Å². The van der Waals surface area contributed by atoms with Gasteiger partial charge in [-0.2, -0.15) is 5.10 Å². The molecule has 0 atom stereocenters. The first-order valence-corrected chi connectivity index (χ1v) is 6.84. The van der Waals surface area contributed by atoms with E-state index in [9.17, 15) is 0 Å². The maximum Gasteiger partial charge on any atom is 0.137 e. The molecule has 0 radical (unpaired) electrons. The molecule has 0 aliphatic carbocycles. The Balaban J connectivity index is 1.84. The van der Waals surface area contributed by atoms with E-state index in [1.165, 1.54) is 5.56 Å². The molecule has 1 aromatic carbocycles. The highest BCUT2D eigenvalue weighted by Gasteiger charge is 2.10. The first-order valence-electron chi connectivity index (χ1n) is 6.84. The number of nitrogens with one attached hydrogen (secondary N) is 1. The average molecular weight is 282 g/mol. The standard InChI is InChI=1S/C16H18N4O/c1-11-15-14(20(2)19-11)8-9-17-16(15)18-10-12-4-6-13(21-3)7-5-12/h4-9H,10H2,1-3H3,(H,17,18). The second-order valence-corrected chi connectivity index (χ2v) is 4.96. The fraction of sp³-hybridized carbons (Fsp3) is 0.250. The van der Waals surface area contributed by atoms with Crippen LogP contribution in [0.5, 0.6) is 5.75 Å². The molecule has 3 aromatic rings. The zero-order valence-corrected chi connectivity index (χ0v) is 12.4. The molecule has 0 bridgehead atoms. The van der Waals surface area contributed by atoms with Crippen LogP contribution < -0.4 is 10.1 Å². The molecule has 5 heteroatoms. The maximum absolute atomic E-state index is 5.16. The number of hydrogen-bond acceptors (Lipinski definition) is 4. The summed E-state index contributed by atoms with van der Waals surface area (Å²) in [6.45, 7) is 2.72. The van der Waals surface area contributed by atoms with Crippen LogP contribution in [0.4, 0.5) is 5.82 Å². The van der Waals surface area contributed by atoms with Crippen molar-refractivity contribution in [1.29, 1.82) is 0 Å². The molecular weight excluding hydrogens is 264 g/mol. The van der Waals surface area contributed by atoms with Crippen molar-refractivity contribution in [3.63, 3.8) is 0 Å². The van der Waals surface area contributed by atoms with Crippen LogP contribution in [0.1, 0.15) is 11.3 Å². The van der Waals surface area contributed by atoms with E-state index in [2.05, 4.69) is 15.4 Å². The predicted octanol–water partition coefficient (Wildman–Crippen LogP) is 2.90. The molecule has 21 heavy (non-hydrogen) atoms. The van der Waals surface area contributed by atoms with Crippen molar-refractivity contribution in [3.8, 4) is 5.75 Å². The lowest BCUT2D eigenvalue weighted by molar-refractivity contribution is 0.414. The Hall–Kier alpha value is -2.56. The molecule has 0 saturated heterocycles. The van der Waals surface area contributed by atoms with Crippen molar-refractivity contribution in [2.75, 3.05) is 12.4 Å². The number of anilines is 1. The summed E-state index contributed by atoms with van der Waals surface area (Å²) in [5.41, 5.74) is 3.24. The number of rotatable bonds is 4. The minimum absolute atomic E-state index is 0.713. The van der Waals surface area contributed by atoms with E-state index in [-0.39, 0.29) is 0 Å². The highest BCUT2D eigenvalue weighted by molar-refractivity contribution is 5.91. The third kappa shape index (κ3) is 2.54. The van der Waals surface area contributed by atoms with E-state index in [1.807, 2.05) is 49.0 Å². The number of pyridine rings is 1. The highest BCUT2D eigenvalue weighted by Crippen LogP contribution is 2.24. The molecule has 108 valence electrons.